The number of amides is 1. The third kappa shape index (κ3) is 3.84. The van der Waals surface area contributed by atoms with Crippen LogP contribution in [-0.2, 0) is 4.74 Å². The van der Waals surface area contributed by atoms with Crippen LogP contribution in [-0.4, -0.2) is 17.7 Å². The molecule has 130 valence electrons. The van der Waals surface area contributed by atoms with Crippen molar-refractivity contribution in [1.29, 1.82) is 10.8 Å². The van der Waals surface area contributed by atoms with Crippen molar-refractivity contribution >= 4 is 23.4 Å². The number of hydrogen-bond donors (Lipinski definition) is 3. The van der Waals surface area contributed by atoms with Crippen molar-refractivity contribution in [3.63, 3.8) is 0 Å². The lowest BCUT2D eigenvalue weighted by molar-refractivity contribution is 0.102. The van der Waals surface area contributed by atoms with Crippen LogP contribution in [0.4, 0.5) is 10.1 Å². The minimum Gasteiger partial charge on any atom is -0.459 e. The molecule has 0 aliphatic heterocycles. The van der Waals surface area contributed by atoms with Crippen LogP contribution < -0.4 is 5.32 Å². The number of ether oxygens (including phenoxy) is 1. The smallest absolute Gasteiger partial charge is 0.258 e. The van der Waals surface area contributed by atoms with Crippen molar-refractivity contribution in [3.05, 3.63) is 89.6 Å². The fourth-order valence-electron chi connectivity index (χ4n) is 2.20. The average molecular weight is 351 g/mol. The van der Waals surface area contributed by atoms with Crippen LogP contribution in [0.25, 0.3) is 0 Å². The number of anilines is 1. The molecule has 3 rings (SSSR count). The maximum atomic E-state index is 13.7. The second kappa shape index (κ2) is 7.43. The highest BCUT2D eigenvalue weighted by atomic mass is 19.1. The number of carbonyl (C=O) groups excluding carboxylic acids is 1. The standard InChI is InChI=1S/C19H14FN3O3/c20-15-8-2-1-7-14(15)19(24)23-13-6-3-5-12(11-13)17(21)26-18(22)16-9-4-10-25-16/h1-11,21-22H,(H,23,24). The molecule has 0 saturated heterocycles. The Balaban J connectivity index is 1.72. The molecular weight excluding hydrogens is 337 g/mol. The van der Waals surface area contributed by atoms with E-state index in [1.165, 1.54) is 30.5 Å². The summed E-state index contributed by atoms with van der Waals surface area (Å²) < 4.78 is 23.9. The van der Waals surface area contributed by atoms with E-state index in [2.05, 4.69) is 5.32 Å². The van der Waals surface area contributed by atoms with Crippen molar-refractivity contribution < 1.29 is 18.3 Å². The molecule has 26 heavy (non-hydrogen) atoms. The number of rotatable bonds is 4. The first-order valence-corrected chi connectivity index (χ1v) is 7.60. The normalized spacial score (nSPS) is 10.2. The van der Waals surface area contributed by atoms with Crippen LogP contribution in [0.1, 0.15) is 21.7 Å². The van der Waals surface area contributed by atoms with Gasteiger partial charge >= 0.3 is 0 Å². The molecule has 1 aromatic heterocycles. The summed E-state index contributed by atoms with van der Waals surface area (Å²) in [6.45, 7) is 0. The van der Waals surface area contributed by atoms with E-state index in [-0.39, 0.29) is 23.1 Å². The third-order valence-corrected chi connectivity index (χ3v) is 3.45. The van der Waals surface area contributed by atoms with Gasteiger partial charge in [-0.1, -0.05) is 18.2 Å². The number of halogens is 1. The van der Waals surface area contributed by atoms with Crippen LogP contribution in [0, 0.1) is 16.6 Å². The summed E-state index contributed by atoms with van der Waals surface area (Å²) in [7, 11) is 0. The average Bonchev–Trinajstić information content (AvgIpc) is 3.17. The Bertz CT molecular complexity index is 968. The molecule has 0 radical (unpaired) electrons. The van der Waals surface area contributed by atoms with Gasteiger partial charge in [-0.05, 0) is 42.5 Å². The van der Waals surface area contributed by atoms with Gasteiger partial charge in [-0.15, -0.1) is 0 Å². The van der Waals surface area contributed by atoms with E-state index < -0.39 is 11.7 Å². The first kappa shape index (κ1) is 17.1. The molecule has 0 unspecified atom stereocenters. The van der Waals surface area contributed by atoms with Gasteiger partial charge in [-0.2, -0.15) is 0 Å². The second-order valence-electron chi connectivity index (χ2n) is 5.25. The Hall–Kier alpha value is -3.74. The topological polar surface area (TPSA) is 99.2 Å². The van der Waals surface area contributed by atoms with Crippen LogP contribution in [0.15, 0.2) is 71.3 Å². The summed E-state index contributed by atoms with van der Waals surface area (Å²) >= 11 is 0. The maximum Gasteiger partial charge on any atom is 0.258 e. The van der Waals surface area contributed by atoms with Gasteiger partial charge in [0.1, 0.15) is 5.82 Å². The van der Waals surface area contributed by atoms with Gasteiger partial charge in [-0.3, -0.25) is 15.6 Å². The molecule has 6 nitrogen and oxygen atoms in total. The zero-order valence-corrected chi connectivity index (χ0v) is 13.5. The van der Waals surface area contributed by atoms with Gasteiger partial charge in [-0.25, -0.2) is 4.39 Å². The van der Waals surface area contributed by atoms with Gasteiger partial charge in [0.05, 0.1) is 11.8 Å². The zero-order valence-electron chi connectivity index (χ0n) is 13.5. The third-order valence-electron chi connectivity index (χ3n) is 3.45. The predicted octanol–water partition coefficient (Wildman–Crippen LogP) is 4.04. The van der Waals surface area contributed by atoms with E-state index in [0.717, 1.165) is 0 Å². The molecule has 0 aliphatic rings. The Kier molecular flexibility index (Phi) is 4.89. The Labute approximate surface area is 148 Å². The van der Waals surface area contributed by atoms with Crippen LogP contribution in [0.2, 0.25) is 0 Å². The Morgan fingerprint density at radius 1 is 1.00 bits per heavy atom. The van der Waals surface area contributed by atoms with E-state index >= 15 is 0 Å². The highest BCUT2D eigenvalue weighted by Gasteiger charge is 2.14. The van der Waals surface area contributed by atoms with E-state index in [1.807, 2.05) is 0 Å². The van der Waals surface area contributed by atoms with Gasteiger partial charge in [0.2, 0.25) is 5.90 Å². The molecule has 2 aromatic carbocycles. The Morgan fingerprint density at radius 3 is 2.54 bits per heavy atom. The molecule has 0 fully saturated rings. The molecule has 0 saturated carbocycles. The molecule has 0 atom stereocenters. The second-order valence-corrected chi connectivity index (χ2v) is 5.25. The van der Waals surface area contributed by atoms with E-state index in [4.69, 9.17) is 20.0 Å². The highest BCUT2D eigenvalue weighted by molar-refractivity contribution is 6.06. The number of furan rings is 1. The van der Waals surface area contributed by atoms with Crippen LogP contribution in [0.3, 0.4) is 0 Å². The minimum absolute atomic E-state index is 0.0798. The molecule has 0 bridgehead atoms. The highest BCUT2D eigenvalue weighted by Crippen LogP contribution is 2.15. The summed E-state index contributed by atoms with van der Waals surface area (Å²) in [5.41, 5.74) is 0.630. The van der Waals surface area contributed by atoms with Crippen molar-refractivity contribution in [2.75, 3.05) is 5.32 Å². The number of hydrogen-bond acceptors (Lipinski definition) is 5. The lowest BCUT2D eigenvalue weighted by Crippen LogP contribution is -2.15. The van der Waals surface area contributed by atoms with Gasteiger partial charge in [0, 0.05) is 11.3 Å². The maximum absolute atomic E-state index is 13.7. The molecule has 0 aliphatic carbocycles. The number of benzene rings is 2. The summed E-state index contributed by atoms with van der Waals surface area (Å²) in [6, 6.07) is 15.1. The predicted molar refractivity (Wildman–Crippen MR) is 94.2 cm³/mol. The quantitative estimate of drug-likeness (QED) is 0.488. The fourth-order valence-corrected chi connectivity index (χ4v) is 2.20. The molecule has 1 amide bonds. The van der Waals surface area contributed by atoms with Crippen LogP contribution in [0.5, 0.6) is 0 Å². The monoisotopic (exact) mass is 351 g/mol. The Morgan fingerprint density at radius 2 is 1.81 bits per heavy atom. The van der Waals surface area contributed by atoms with Crippen molar-refractivity contribution in [2.45, 2.75) is 0 Å². The molecule has 1 heterocycles. The molecular formula is C19H14FN3O3. The van der Waals surface area contributed by atoms with Crippen molar-refractivity contribution in [1.82, 2.24) is 0 Å². The largest absolute Gasteiger partial charge is 0.459 e. The molecule has 3 N–H and O–H groups in total. The van der Waals surface area contributed by atoms with E-state index in [1.54, 1.807) is 36.4 Å². The lowest BCUT2D eigenvalue weighted by atomic mass is 10.1. The number of carbonyl (C=O) groups is 1. The van der Waals surface area contributed by atoms with Crippen LogP contribution >= 0.6 is 0 Å². The SMILES string of the molecule is N=C(OC(=N)c1ccco1)c1cccc(NC(=O)c2ccccc2F)c1. The van der Waals surface area contributed by atoms with Gasteiger partial charge in [0.25, 0.3) is 11.8 Å². The summed E-state index contributed by atoms with van der Waals surface area (Å²) in [5.74, 6) is -1.62. The van der Waals surface area contributed by atoms with Gasteiger partial charge in [0.15, 0.2) is 5.76 Å². The minimum atomic E-state index is -0.621. The summed E-state index contributed by atoms with van der Waals surface area (Å²) in [4.78, 5) is 12.2. The molecule has 0 spiro atoms. The summed E-state index contributed by atoms with van der Waals surface area (Å²) in [6.07, 6.45) is 1.40. The fraction of sp³-hybridized carbons (Fsp3) is 0. The first-order chi connectivity index (χ1) is 12.5. The molecule has 7 heteroatoms. The lowest BCUT2D eigenvalue weighted by Gasteiger charge is -2.09. The molecule has 3 aromatic rings. The van der Waals surface area contributed by atoms with E-state index in [0.29, 0.717) is 11.3 Å². The number of nitrogens with one attached hydrogen (secondary N) is 3. The zero-order chi connectivity index (χ0) is 18.5. The van der Waals surface area contributed by atoms with Gasteiger partial charge < -0.3 is 14.5 Å². The van der Waals surface area contributed by atoms with Crippen molar-refractivity contribution in [2.24, 2.45) is 0 Å². The first-order valence-electron chi connectivity index (χ1n) is 7.60. The summed E-state index contributed by atoms with van der Waals surface area (Å²) in [5, 5.41) is 18.3. The van der Waals surface area contributed by atoms with Crippen molar-refractivity contribution in [3.8, 4) is 0 Å². The van der Waals surface area contributed by atoms with E-state index in [9.17, 15) is 9.18 Å².